The maximum absolute atomic E-state index is 11.6. The van der Waals surface area contributed by atoms with Gasteiger partial charge in [-0.25, -0.2) is 27.0 Å². The Morgan fingerprint density at radius 3 is 2.42 bits per heavy atom. The maximum atomic E-state index is 11.6. The van der Waals surface area contributed by atoms with Crippen molar-refractivity contribution in [1.29, 1.82) is 0 Å². The molecular formula is C29H30Cl2KN9O5S2. The smallest absolute Gasteiger partial charge is 0.390 e. The number of nitrogens with one attached hydrogen (secondary N) is 2. The molecule has 0 atom stereocenters. The molecule has 5 N–H and O–H groups in total. The van der Waals surface area contributed by atoms with E-state index < -0.39 is 24.9 Å². The van der Waals surface area contributed by atoms with Crippen molar-refractivity contribution >= 4 is 48.9 Å². The van der Waals surface area contributed by atoms with Gasteiger partial charge in [-0.2, -0.15) is 9.94 Å². The average Bonchev–Trinajstić information content (AvgIpc) is 3.67. The van der Waals surface area contributed by atoms with Gasteiger partial charge in [-0.1, -0.05) is 85.1 Å². The number of aliphatic hydroxyl groups excluding tert-OH is 1. The molecule has 0 bridgehead atoms. The number of imidazole rings is 1. The topological polar surface area (TPSA) is 209 Å². The molecule has 1 aliphatic rings. The third-order valence-electron chi connectivity index (χ3n) is 7.27. The van der Waals surface area contributed by atoms with Gasteiger partial charge in [-0.15, -0.1) is 0 Å². The van der Waals surface area contributed by atoms with E-state index in [1.165, 1.54) is 6.07 Å². The maximum Gasteiger partial charge on any atom is 1.00 e. The molecule has 0 aliphatic carbocycles. The second-order valence-electron chi connectivity index (χ2n) is 10.4. The summed E-state index contributed by atoms with van der Waals surface area (Å²) in [5.74, 6) is 1.42. The molecule has 5 aromatic rings. The number of fused-ring (bicyclic) bond motifs is 1. The van der Waals surface area contributed by atoms with E-state index in [9.17, 15) is 21.9 Å². The number of tetrazole rings is 1. The quantitative estimate of drug-likeness (QED) is 0.153. The summed E-state index contributed by atoms with van der Waals surface area (Å²) in [5, 5.41) is 32.8. The number of hydrogen-bond donors (Lipinski definition) is 4. The van der Waals surface area contributed by atoms with E-state index in [-0.39, 0.29) is 80.3 Å². The number of unbranched alkanes of at least 4 members (excludes halogenated alkanes) is 1. The fraction of sp³-hybridized carbons (Fsp3) is 0.241. The molecule has 3 aromatic carbocycles. The molecule has 0 saturated carbocycles. The van der Waals surface area contributed by atoms with E-state index in [4.69, 9.17) is 28.3 Å². The van der Waals surface area contributed by atoms with Crippen LogP contribution in [-0.2, 0) is 39.6 Å². The molecule has 19 heteroatoms. The van der Waals surface area contributed by atoms with Crippen molar-refractivity contribution in [3.8, 4) is 22.5 Å². The van der Waals surface area contributed by atoms with Crippen LogP contribution in [0.1, 0.15) is 36.8 Å². The van der Waals surface area contributed by atoms with Gasteiger partial charge in [0.15, 0.2) is 5.15 Å². The van der Waals surface area contributed by atoms with Gasteiger partial charge in [-0.3, -0.25) is 10.3 Å². The minimum Gasteiger partial charge on any atom is -0.390 e. The van der Waals surface area contributed by atoms with Crippen LogP contribution in [0.25, 0.3) is 22.5 Å². The predicted molar refractivity (Wildman–Crippen MR) is 177 cm³/mol. The first-order valence-electron chi connectivity index (χ1n) is 14.2. The van der Waals surface area contributed by atoms with Crippen molar-refractivity contribution < 1.29 is 73.3 Å². The minimum absolute atomic E-state index is 0. The van der Waals surface area contributed by atoms with Crippen molar-refractivity contribution in [3.05, 3.63) is 87.9 Å². The predicted octanol–water partition coefficient (Wildman–Crippen LogP) is 0.549. The zero-order valence-electron chi connectivity index (χ0n) is 25.9. The van der Waals surface area contributed by atoms with E-state index in [0.717, 1.165) is 53.4 Å². The van der Waals surface area contributed by atoms with E-state index in [0.29, 0.717) is 23.2 Å². The number of rotatable bonds is 9. The average molecular weight is 759 g/mol. The first kappa shape index (κ1) is 38.5. The number of halogens is 2. The summed E-state index contributed by atoms with van der Waals surface area (Å²) in [6.45, 7) is 2.63. The molecule has 2 aromatic heterocycles. The second-order valence-corrected chi connectivity index (χ2v) is 14.4. The number of aryl methyl sites for hydroxylation is 1. The summed E-state index contributed by atoms with van der Waals surface area (Å²) in [5.41, 5.74) is 4.96. The van der Waals surface area contributed by atoms with Gasteiger partial charge in [0.2, 0.25) is 20.0 Å². The molecule has 14 nitrogen and oxygen atoms in total. The Morgan fingerprint density at radius 1 is 1.08 bits per heavy atom. The van der Waals surface area contributed by atoms with Crippen LogP contribution in [-0.4, -0.2) is 53.7 Å². The normalized spacial score (nSPS) is 13.4. The van der Waals surface area contributed by atoms with Gasteiger partial charge in [0.05, 0.1) is 29.7 Å². The number of aromatic nitrogens is 6. The monoisotopic (exact) mass is 757 g/mol. The van der Waals surface area contributed by atoms with Crippen LogP contribution in [0.15, 0.2) is 70.5 Å². The molecule has 0 fully saturated rings. The summed E-state index contributed by atoms with van der Waals surface area (Å²) < 4.78 is 49.9. The Hall–Kier alpha value is -2.26. The Bertz CT molecular complexity index is 2100. The molecule has 248 valence electrons. The fourth-order valence-corrected chi connectivity index (χ4v) is 7.48. The summed E-state index contributed by atoms with van der Waals surface area (Å²) in [6.07, 6.45) is 2.94. The number of benzene rings is 3. The number of aliphatic hydroxyl groups is 1. The van der Waals surface area contributed by atoms with Crippen molar-refractivity contribution in [2.45, 2.75) is 49.1 Å². The third-order valence-corrected chi connectivity index (χ3v) is 10.4. The van der Waals surface area contributed by atoms with Gasteiger partial charge >= 0.3 is 51.4 Å². The molecule has 0 saturated heterocycles. The SMILES string of the molecule is CCCCc1nc(Cl)c(CO)n1Cc1ccc(-c2ccccc2-c2nnn[n-]2)cc1.NS(=O)(=O)c1cc2c(cc1Cl)NCNS2(=O)=O.[K+]. The molecular weight excluding hydrogens is 729 g/mol. The Morgan fingerprint density at radius 2 is 1.79 bits per heavy atom. The molecule has 3 heterocycles. The van der Waals surface area contributed by atoms with E-state index >= 15 is 0 Å². The van der Waals surface area contributed by atoms with Crippen LogP contribution in [0.2, 0.25) is 10.2 Å². The largest absolute Gasteiger partial charge is 1.00 e. The van der Waals surface area contributed by atoms with Gasteiger partial charge < -0.3 is 20.1 Å². The zero-order valence-corrected chi connectivity index (χ0v) is 32.2. The molecule has 0 radical (unpaired) electrons. The summed E-state index contributed by atoms with van der Waals surface area (Å²) in [4.78, 5) is 3.84. The summed E-state index contributed by atoms with van der Waals surface area (Å²) in [6, 6.07) is 18.4. The van der Waals surface area contributed by atoms with Crippen molar-refractivity contribution in [2.75, 3.05) is 12.0 Å². The van der Waals surface area contributed by atoms with E-state index in [1.54, 1.807) is 0 Å². The fourth-order valence-electron chi connectivity index (χ4n) is 4.94. The number of sulfonamides is 2. The van der Waals surface area contributed by atoms with Crippen LogP contribution < -0.4 is 71.7 Å². The summed E-state index contributed by atoms with van der Waals surface area (Å²) >= 11 is 12.0. The van der Waals surface area contributed by atoms with Crippen molar-refractivity contribution in [2.24, 2.45) is 5.14 Å². The van der Waals surface area contributed by atoms with E-state index in [1.807, 2.05) is 28.8 Å². The van der Waals surface area contributed by atoms with Crippen LogP contribution in [0.3, 0.4) is 0 Å². The number of nitrogens with two attached hydrogens (primary N) is 1. The van der Waals surface area contributed by atoms with Crippen LogP contribution in [0, 0.1) is 0 Å². The molecule has 6 rings (SSSR count). The zero-order chi connectivity index (χ0) is 33.8. The number of hydrogen-bond acceptors (Lipinski definition) is 10. The molecule has 1 aliphatic heterocycles. The standard InChI is InChI=1S/C22H22ClN6O.C7H8ClN3O4S2.K/c1-2-3-8-20-24-21(23)19(14-30)29(20)13-15-9-11-16(12-10-15)17-6-4-5-7-18(17)22-25-27-28-26-22;8-4-1-5-7(2-6(4)16(9,12)13)17(14,15)11-3-10-5;/h4-7,9-12,30H,2-3,8,13-14H2,1H3;1-2,10-11H,3H2,(H2,9,12,13);/q-1;;+1. The van der Waals surface area contributed by atoms with Crippen molar-refractivity contribution in [1.82, 2.24) is 34.9 Å². The van der Waals surface area contributed by atoms with Gasteiger partial charge in [0.1, 0.15) is 15.6 Å². The van der Waals surface area contributed by atoms with Crippen molar-refractivity contribution in [3.63, 3.8) is 0 Å². The second kappa shape index (κ2) is 16.6. The van der Waals surface area contributed by atoms with Crippen LogP contribution in [0.5, 0.6) is 0 Å². The Balaban J connectivity index is 0.000000246. The van der Waals surface area contributed by atoms with Gasteiger partial charge in [-0.05, 0) is 40.8 Å². The van der Waals surface area contributed by atoms with Gasteiger partial charge in [0.25, 0.3) is 0 Å². The van der Waals surface area contributed by atoms with Gasteiger partial charge in [0, 0.05) is 18.8 Å². The first-order chi connectivity index (χ1) is 22.4. The number of primary sulfonamides is 1. The minimum atomic E-state index is -4.07. The van der Waals surface area contributed by atoms with Crippen LogP contribution >= 0.6 is 23.2 Å². The summed E-state index contributed by atoms with van der Waals surface area (Å²) in [7, 11) is -7.80. The Kier molecular flexibility index (Phi) is 13.4. The molecule has 0 unspecified atom stereocenters. The number of nitrogens with zero attached hydrogens (tertiary/aromatic N) is 6. The Labute approximate surface area is 330 Å². The van der Waals surface area contributed by atoms with Crippen LogP contribution in [0.4, 0.5) is 5.69 Å². The van der Waals surface area contributed by atoms with E-state index in [2.05, 4.69) is 66.8 Å². The third kappa shape index (κ3) is 8.90. The molecule has 0 amide bonds. The first-order valence-corrected chi connectivity index (χ1v) is 18.0. The molecule has 0 spiro atoms. The number of anilines is 1. The molecule has 48 heavy (non-hydrogen) atoms.